The van der Waals surface area contributed by atoms with E-state index in [-0.39, 0.29) is 30.1 Å². The third-order valence-corrected chi connectivity index (χ3v) is 5.34. The number of carbonyl (C=O) groups is 2. The molecule has 3 heterocycles. The first-order valence-electron chi connectivity index (χ1n) is 7.65. The molecule has 4 unspecified atom stereocenters. The van der Waals surface area contributed by atoms with Crippen LogP contribution < -0.4 is 0 Å². The quantitative estimate of drug-likeness (QED) is 0.799. The first-order chi connectivity index (χ1) is 10.6. The summed E-state index contributed by atoms with van der Waals surface area (Å²) in [4.78, 5) is 26.4. The van der Waals surface area contributed by atoms with Gasteiger partial charge in [-0.1, -0.05) is 0 Å². The summed E-state index contributed by atoms with van der Waals surface area (Å²) in [5.41, 5.74) is 1.05. The predicted octanol–water partition coefficient (Wildman–Crippen LogP) is 2.00. The molecule has 1 amide bonds. The summed E-state index contributed by atoms with van der Waals surface area (Å²) in [5, 5.41) is 3.99. The predicted molar refractivity (Wildman–Crippen MR) is 82.6 cm³/mol. The number of hydrogen-bond acceptors (Lipinski definition) is 5. The van der Waals surface area contributed by atoms with Crippen LogP contribution in [0.5, 0.6) is 0 Å². The van der Waals surface area contributed by atoms with Crippen LogP contribution in [0.15, 0.2) is 16.8 Å². The van der Waals surface area contributed by atoms with Gasteiger partial charge in [-0.15, -0.1) is 0 Å². The van der Waals surface area contributed by atoms with Gasteiger partial charge in [-0.3, -0.25) is 4.79 Å². The van der Waals surface area contributed by atoms with E-state index >= 15 is 0 Å². The Morgan fingerprint density at radius 1 is 1.45 bits per heavy atom. The van der Waals surface area contributed by atoms with Crippen molar-refractivity contribution >= 4 is 23.2 Å². The fraction of sp³-hybridized carbons (Fsp3) is 0.625. The van der Waals surface area contributed by atoms with Crippen molar-refractivity contribution in [3.63, 3.8) is 0 Å². The number of rotatable bonds is 3. The van der Waals surface area contributed by atoms with Crippen LogP contribution in [0.1, 0.15) is 31.7 Å². The van der Waals surface area contributed by atoms with Crippen molar-refractivity contribution in [1.29, 1.82) is 0 Å². The highest BCUT2D eigenvalue weighted by Gasteiger charge is 2.47. The standard InChI is InChI=1S/C16H21NO4S/c1-10-3-4-13-12(8-14(21-13)16(19)20-2)17(10)15(18)7-11-5-6-22-9-11/h5-6,9-10,12-14H,3-4,7-8H2,1-2H3. The second-order valence-corrected chi connectivity index (χ2v) is 6.81. The summed E-state index contributed by atoms with van der Waals surface area (Å²) in [5.74, 6) is -0.220. The minimum atomic E-state index is -0.540. The van der Waals surface area contributed by atoms with E-state index in [9.17, 15) is 9.59 Å². The number of hydrogen-bond donors (Lipinski definition) is 0. The van der Waals surface area contributed by atoms with Crippen molar-refractivity contribution in [1.82, 2.24) is 4.90 Å². The van der Waals surface area contributed by atoms with Gasteiger partial charge in [0.05, 0.1) is 25.7 Å². The second-order valence-electron chi connectivity index (χ2n) is 6.03. The second kappa shape index (κ2) is 6.38. The zero-order valence-corrected chi connectivity index (χ0v) is 13.7. The normalized spacial score (nSPS) is 30.9. The Balaban J connectivity index is 1.74. The summed E-state index contributed by atoms with van der Waals surface area (Å²) >= 11 is 1.60. The van der Waals surface area contributed by atoms with E-state index in [0.717, 1.165) is 18.4 Å². The molecule has 120 valence electrons. The number of piperidine rings is 1. The first kappa shape index (κ1) is 15.5. The van der Waals surface area contributed by atoms with Gasteiger partial charge in [0, 0.05) is 12.5 Å². The SMILES string of the molecule is COC(=O)C1CC2C(CCC(C)N2C(=O)Cc2ccsc2)O1. The lowest BCUT2D eigenvalue weighted by atomic mass is 9.92. The lowest BCUT2D eigenvalue weighted by Gasteiger charge is -2.41. The highest BCUT2D eigenvalue weighted by atomic mass is 32.1. The molecule has 6 heteroatoms. The third-order valence-electron chi connectivity index (χ3n) is 4.61. The van der Waals surface area contributed by atoms with Gasteiger partial charge in [0.25, 0.3) is 0 Å². The maximum atomic E-state index is 12.7. The number of amides is 1. The molecule has 3 rings (SSSR count). The highest BCUT2D eigenvalue weighted by molar-refractivity contribution is 7.07. The summed E-state index contributed by atoms with van der Waals surface area (Å²) in [7, 11) is 1.37. The van der Waals surface area contributed by atoms with E-state index in [4.69, 9.17) is 9.47 Å². The molecular weight excluding hydrogens is 302 g/mol. The molecule has 0 radical (unpaired) electrons. The van der Waals surface area contributed by atoms with Crippen LogP contribution in [-0.4, -0.2) is 48.2 Å². The van der Waals surface area contributed by atoms with Gasteiger partial charge in [-0.2, -0.15) is 11.3 Å². The molecule has 2 aliphatic heterocycles. The van der Waals surface area contributed by atoms with Crippen molar-refractivity contribution in [2.75, 3.05) is 7.11 Å². The lowest BCUT2D eigenvalue weighted by molar-refractivity contribution is -0.154. The van der Waals surface area contributed by atoms with Crippen molar-refractivity contribution in [3.8, 4) is 0 Å². The Morgan fingerprint density at radius 3 is 2.95 bits per heavy atom. The zero-order chi connectivity index (χ0) is 15.7. The Bertz CT molecular complexity index is 544. The Kier molecular flexibility index (Phi) is 4.49. The van der Waals surface area contributed by atoms with Gasteiger partial charge in [0.15, 0.2) is 6.10 Å². The maximum absolute atomic E-state index is 12.7. The van der Waals surface area contributed by atoms with Crippen molar-refractivity contribution < 1.29 is 19.1 Å². The highest BCUT2D eigenvalue weighted by Crippen LogP contribution is 2.35. The number of thiophene rings is 1. The molecule has 0 spiro atoms. The van der Waals surface area contributed by atoms with Crippen molar-refractivity contribution in [2.24, 2.45) is 0 Å². The van der Waals surface area contributed by atoms with Gasteiger partial charge in [0.2, 0.25) is 5.91 Å². The molecule has 5 nitrogen and oxygen atoms in total. The fourth-order valence-corrected chi connectivity index (χ4v) is 4.19. The Morgan fingerprint density at radius 2 is 2.27 bits per heavy atom. The van der Waals surface area contributed by atoms with Gasteiger partial charge >= 0.3 is 5.97 Å². The number of likely N-dealkylation sites (tertiary alicyclic amines) is 1. The molecule has 0 bridgehead atoms. The Labute approximate surface area is 134 Å². The molecule has 0 N–H and O–H groups in total. The molecule has 1 aromatic rings. The number of esters is 1. The molecule has 4 atom stereocenters. The molecule has 2 fully saturated rings. The molecule has 1 aromatic heterocycles. The van der Waals surface area contributed by atoms with Gasteiger partial charge in [-0.05, 0) is 42.2 Å². The topological polar surface area (TPSA) is 55.8 Å². The number of carbonyl (C=O) groups excluding carboxylic acids is 2. The van der Waals surface area contributed by atoms with E-state index in [2.05, 4.69) is 6.92 Å². The van der Waals surface area contributed by atoms with E-state index in [1.165, 1.54) is 7.11 Å². The van der Waals surface area contributed by atoms with Crippen LogP contribution in [0.25, 0.3) is 0 Å². The summed E-state index contributed by atoms with van der Waals surface area (Å²) in [6, 6.07) is 2.16. The first-order valence-corrected chi connectivity index (χ1v) is 8.60. The third kappa shape index (κ3) is 2.90. The van der Waals surface area contributed by atoms with Crippen LogP contribution in [-0.2, 0) is 25.5 Å². The minimum absolute atomic E-state index is 0.0148. The van der Waals surface area contributed by atoms with Crippen molar-refractivity contribution in [2.45, 2.75) is 56.9 Å². The lowest BCUT2D eigenvalue weighted by Crippen LogP contribution is -2.53. The fourth-order valence-electron chi connectivity index (χ4n) is 3.53. The minimum Gasteiger partial charge on any atom is -0.467 e. The number of methoxy groups -OCH3 is 1. The molecule has 0 aliphatic carbocycles. The van der Waals surface area contributed by atoms with Crippen LogP contribution in [0, 0.1) is 0 Å². The van der Waals surface area contributed by atoms with E-state index < -0.39 is 6.10 Å². The molecular formula is C16H21NO4S. The van der Waals surface area contributed by atoms with Gasteiger partial charge in [0.1, 0.15) is 0 Å². The summed E-state index contributed by atoms with van der Waals surface area (Å²) in [6.07, 6.45) is 2.16. The van der Waals surface area contributed by atoms with E-state index in [0.29, 0.717) is 12.8 Å². The van der Waals surface area contributed by atoms with Crippen molar-refractivity contribution in [3.05, 3.63) is 22.4 Å². The molecule has 22 heavy (non-hydrogen) atoms. The summed E-state index contributed by atoms with van der Waals surface area (Å²) in [6.45, 7) is 2.08. The molecule has 2 saturated heterocycles. The average molecular weight is 323 g/mol. The van der Waals surface area contributed by atoms with E-state index in [1.807, 2.05) is 21.7 Å². The zero-order valence-electron chi connectivity index (χ0n) is 12.9. The Hall–Kier alpha value is -1.40. The largest absolute Gasteiger partial charge is 0.467 e. The smallest absolute Gasteiger partial charge is 0.335 e. The number of ether oxygens (including phenoxy) is 2. The van der Waals surface area contributed by atoms with Crippen LogP contribution in [0.3, 0.4) is 0 Å². The molecule has 0 aromatic carbocycles. The number of fused-ring (bicyclic) bond motifs is 1. The maximum Gasteiger partial charge on any atom is 0.335 e. The van der Waals surface area contributed by atoms with Crippen LogP contribution >= 0.6 is 11.3 Å². The molecule has 2 aliphatic rings. The monoisotopic (exact) mass is 323 g/mol. The van der Waals surface area contributed by atoms with Gasteiger partial charge in [-0.25, -0.2) is 4.79 Å². The number of nitrogens with zero attached hydrogens (tertiary/aromatic N) is 1. The molecule has 0 saturated carbocycles. The summed E-state index contributed by atoms with van der Waals surface area (Å²) < 4.78 is 10.6. The van der Waals surface area contributed by atoms with Gasteiger partial charge < -0.3 is 14.4 Å². The van der Waals surface area contributed by atoms with Crippen LogP contribution in [0.2, 0.25) is 0 Å². The average Bonchev–Trinajstić information content (AvgIpc) is 3.15. The van der Waals surface area contributed by atoms with Crippen LogP contribution in [0.4, 0.5) is 0 Å². The van der Waals surface area contributed by atoms with E-state index in [1.54, 1.807) is 11.3 Å².